The first-order valence-electron chi connectivity index (χ1n) is 9.53. The van der Waals surface area contributed by atoms with E-state index in [2.05, 4.69) is 10.4 Å². The molecule has 0 saturated heterocycles. The molecule has 1 atom stereocenters. The van der Waals surface area contributed by atoms with Crippen molar-refractivity contribution in [1.82, 2.24) is 19.7 Å². The van der Waals surface area contributed by atoms with Crippen molar-refractivity contribution in [3.8, 4) is 5.69 Å². The highest BCUT2D eigenvalue weighted by atomic mass is 35.5. The lowest BCUT2D eigenvalue weighted by atomic mass is 10.1. The molecule has 0 unspecified atom stereocenters. The van der Waals surface area contributed by atoms with Gasteiger partial charge in [-0.25, -0.2) is 13.6 Å². The van der Waals surface area contributed by atoms with Crippen molar-refractivity contribution in [2.45, 2.75) is 38.3 Å². The number of nitrogens with one attached hydrogen (secondary N) is 1. The van der Waals surface area contributed by atoms with Gasteiger partial charge in [0, 0.05) is 5.92 Å². The molecule has 1 aliphatic carbocycles. The molecule has 0 spiro atoms. The third-order valence-electron chi connectivity index (χ3n) is 5.03. The molecule has 6 nitrogen and oxygen atoms in total. The zero-order valence-electron chi connectivity index (χ0n) is 16.1. The Hall–Kier alpha value is -3.00. The highest BCUT2D eigenvalue weighted by Crippen LogP contribution is 2.38. The fourth-order valence-corrected chi connectivity index (χ4v) is 3.37. The Bertz CT molecular complexity index is 1150. The van der Waals surface area contributed by atoms with Crippen LogP contribution in [-0.4, -0.2) is 20.3 Å². The van der Waals surface area contributed by atoms with E-state index in [9.17, 15) is 18.4 Å². The summed E-state index contributed by atoms with van der Waals surface area (Å²) < 4.78 is 29.4. The molecule has 1 amide bonds. The van der Waals surface area contributed by atoms with Crippen molar-refractivity contribution in [3.05, 3.63) is 81.0 Å². The summed E-state index contributed by atoms with van der Waals surface area (Å²) in [5, 5.41) is 7.16. The number of nitrogens with zero attached hydrogens (tertiary/aromatic N) is 3. The minimum atomic E-state index is -0.567. The third-order valence-corrected chi connectivity index (χ3v) is 5.33. The predicted octanol–water partition coefficient (Wildman–Crippen LogP) is 3.72. The van der Waals surface area contributed by atoms with Gasteiger partial charge >= 0.3 is 5.69 Å². The van der Waals surface area contributed by atoms with Crippen molar-refractivity contribution >= 4 is 17.5 Å². The number of hydrogen-bond donors (Lipinski definition) is 1. The van der Waals surface area contributed by atoms with Gasteiger partial charge in [-0.15, -0.1) is 5.10 Å². The number of carbonyl (C=O) groups excluding carboxylic acids is 1. The second-order valence-corrected chi connectivity index (χ2v) is 7.76. The lowest BCUT2D eigenvalue weighted by Crippen LogP contribution is -2.35. The molecule has 4 rings (SSSR count). The Balaban J connectivity index is 1.56. The average Bonchev–Trinajstić information content (AvgIpc) is 3.50. The molecule has 0 aliphatic heterocycles. The number of amides is 1. The first-order valence-corrected chi connectivity index (χ1v) is 9.91. The Kier molecular flexibility index (Phi) is 5.42. The quantitative estimate of drug-likeness (QED) is 0.645. The number of carbonyl (C=O) groups is 1. The first-order chi connectivity index (χ1) is 14.3. The van der Waals surface area contributed by atoms with Crippen LogP contribution >= 0.6 is 11.6 Å². The zero-order chi connectivity index (χ0) is 21.4. The van der Waals surface area contributed by atoms with Gasteiger partial charge in [0.1, 0.15) is 24.0 Å². The molecule has 9 heteroatoms. The van der Waals surface area contributed by atoms with E-state index in [0.29, 0.717) is 17.1 Å². The summed E-state index contributed by atoms with van der Waals surface area (Å²) in [5.74, 6) is -0.733. The highest BCUT2D eigenvalue weighted by Gasteiger charge is 2.32. The monoisotopic (exact) mass is 432 g/mol. The van der Waals surface area contributed by atoms with Crippen LogP contribution in [0, 0.1) is 11.6 Å². The first kappa shape index (κ1) is 20.3. The Morgan fingerprint density at radius 2 is 1.93 bits per heavy atom. The average molecular weight is 433 g/mol. The maximum absolute atomic E-state index is 13.7. The molecule has 2 aromatic carbocycles. The largest absolute Gasteiger partial charge is 0.351 e. The molecule has 3 aromatic rings. The van der Waals surface area contributed by atoms with Crippen LogP contribution in [0.15, 0.2) is 47.3 Å². The van der Waals surface area contributed by atoms with E-state index >= 15 is 0 Å². The fraction of sp³-hybridized carbons (Fsp3) is 0.286. The molecular weight excluding hydrogens is 414 g/mol. The van der Waals surface area contributed by atoms with Crippen LogP contribution in [0.1, 0.15) is 43.1 Å². The van der Waals surface area contributed by atoms with Crippen LogP contribution < -0.4 is 11.0 Å². The van der Waals surface area contributed by atoms with Gasteiger partial charge in [0.05, 0.1) is 16.8 Å². The number of benzene rings is 2. The SMILES string of the molecule is C[C@H](NC(=O)Cn1c(C2CC2)nn(-c2ccc(F)cc2)c1=O)c1ccc(Cl)c(F)c1. The standard InChI is InChI=1S/C21H19ClF2N4O2/c1-12(14-4-9-17(22)18(24)10-14)25-19(29)11-27-20(13-2-3-13)26-28(21(27)30)16-7-5-15(23)6-8-16/h4-10,12-13H,2-3,11H2,1H3,(H,25,29)/t12-/m0/s1. The van der Waals surface area contributed by atoms with Crippen LogP contribution in [0.3, 0.4) is 0 Å². The predicted molar refractivity (Wildman–Crippen MR) is 108 cm³/mol. The van der Waals surface area contributed by atoms with Crippen molar-refractivity contribution < 1.29 is 13.6 Å². The lowest BCUT2D eigenvalue weighted by Gasteiger charge is -2.15. The van der Waals surface area contributed by atoms with E-state index in [4.69, 9.17) is 11.6 Å². The van der Waals surface area contributed by atoms with Crippen molar-refractivity contribution in [1.29, 1.82) is 0 Å². The third kappa shape index (κ3) is 4.14. The highest BCUT2D eigenvalue weighted by molar-refractivity contribution is 6.30. The van der Waals surface area contributed by atoms with Gasteiger partial charge in [-0.05, 0) is 61.7 Å². The summed E-state index contributed by atoms with van der Waals surface area (Å²) in [5.41, 5.74) is 0.512. The summed E-state index contributed by atoms with van der Waals surface area (Å²) >= 11 is 5.70. The summed E-state index contributed by atoms with van der Waals surface area (Å²) in [7, 11) is 0. The molecule has 1 saturated carbocycles. The molecule has 1 aliphatic rings. The van der Waals surface area contributed by atoms with Crippen LogP contribution in [0.4, 0.5) is 8.78 Å². The lowest BCUT2D eigenvalue weighted by molar-refractivity contribution is -0.122. The summed E-state index contributed by atoms with van der Waals surface area (Å²) in [6, 6.07) is 9.26. The van der Waals surface area contributed by atoms with Gasteiger partial charge < -0.3 is 5.32 Å². The molecule has 1 heterocycles. The fourth-order valence-electron chi connectivity index (χ4n) is 3.25. The molecule has 1 N–H and O–H groups in total. The van der Waals surface area contributed by atoms with E-state index < -0.39 is 29.3 Å². The zero-order valence-corrected chi connectivity index (χ0v) is 16.9. The second-order valence-electron chi connectivity index (χ2n) is 7.35. The van der Waals surface area contributed by atoms with E-state index in [1.165, 1.54) is 45.6 Å². The minimum absolute atomic E-state index is 0.00566. The van der Waals surface area contributed by atoms with Gasteiger partial charge in [-0.3, -0.25) is 9.36 Å². The minimum Gasteiger partial charge on any atom is -0.348 e. The van der Waals surface area contributed by atoms with E-state index in [1.54, 1.807) is 13.0 Å². The normalized spacial score (nSPS) is 14.5. The Morgan fingerprint density at radius 1 is 1.23 bits per heavy atom. The van der Waals surface area contributed by atoms with Crippen LogP contribution in [0.2, 0.25) is 5.02 Å². The van der Waals surface area contributed by atoms with Crippen molar-refractivity contribution in [3.63, 3.8) is 0 Å². The van der Waals surface area contributed by atoms with Gasteiger partial charge in [0.25, 0.3) is 0 Å². The van der Waals surface area contributed by atoms with Gasteiger partial charge in [0.2, 0.25) is 5.91 Å². The number of halogens is 3. The van der Waals surface area contributed by atoms with E-state index in [1.807, 2.05) is 0 Å². The second kappa shape index (κ2) is 8.02. The molecule has 0 radical (unpaired) electrons. The Morgan fingerprint density at radius 3 is 2.57 bits per heavy atom. The maximum Gasteiger partial charge on any atom is 0.351 e. The maximum atomic E-state index is 13.7. The topological polar surface area (TPSA) is 68.9 Å². The number of aromatic nitrogens is 3. The van der Waals surface area contributed by atoms with Crippen molar-refractivity contribution in [2.75, 3.05) is 0 Å². The smallest absolute Gasteiger partial charge is 0.348 e. The number of rotatable bonds is 6. The van der Waals surface area contributed by atoms with E-state index in [-0.39, 0.29) is 17.5 Å². The molecule has 30 heavy (non-hydrogen) atoms. The van der Waals surface area contributed by atoms with Crippen LogP contribution in [-0.2, 0) is 11.3 Å². The van der Waals surface area contributed by atoms with Crippen LogP contribution in [0.25, 0.3) is 5.69 Å². The number of hydrogen-bond acceptors (Lipinski definition) is 3. The molecular formula is C21H19ClF2N4O2. The summed E-state index contributed by atoms with van der Waals surface area (Å²) in [4.78, 5) is 25.5. The van der Waals surface area contributed by atoms with Crippen molar-refractivity contribution in [2.24, 2.45) is 0 Å². The molecule has 0 bridgehead atoms. The molecule has 1 aromatic heterocycles. The summed E-state index contributed by atoms with van der Waals surface area (Å²) in [6.45, 7) is 1.50. The van der Waals surface area contributed by atoms with Gasteiger partial charge in [-0.2, -0.15) is 4.68 Å². The van der Waals surface area contributed by atoms with Gasteiger partial charge in [0.15, 0.2) is 0 Å². The summed E-state index contributed by atoms with van der Waals surface area (Å²) in [6.07, 6.45) is 1.78. The van der Waals surface area contributed by atoms with Gasteiger partial charge in [-0.1, -0.05) is 17.7 Å². The molecule has 156 valence electrons. The van der Waals surface area contributed by atoms with Crippen LogP contribution in [0.5, 0.6) is 0 Å². The molecule has 1 fully saturated rings. The Labute approximate surface area is 176 Å². The van der Waals surface area contributed by atoms with E-state index in [0.717, 1.165) is 12.8 Å².